The van der Waals surface area contributed by atoms with Gasteiger partial charge in [0.1, 0.15) is 5.82 Å². The van der Waals surface area contributed by atoms with Gasteiger partial charge in [0, 0.05) is 29.7 Å². The van der Waals surface area contributed by atoms with E-state index in [9.17, 15) is 9.18 Å². The van der Waals surface area contributed by atoms with Crippen LogP contribution >= 0.6 is 0 Å². The average Bonchev–Trinajstić information content (AvgIpc) is 3.29. The molecule has 3 aromatic rings. The van der Waals surface area contributed by atoms with Crippen LogP contribution in [0.3, 0.4) is 0 Å². The second-order valence-electron chi connectivity index (χ2n) is 6.64. The number of rotatable bonds is 4. The first-order valence-electron chi connectivity index (χ1n) is 8.76. The van der Waals surface area contributed by atoms with Gasteiger partial charge < -0.3 is 10.1 Å². The third-order valence-electron chi connectivity index (χ3n) is 4.74. The Hall–Kier alpha value is -2.73. The predicted molar refractivity (Wildman–Crippen MR) is 97.5 cm³/mol. The minimum Gasteiger partial charge on any atom is -0.376 e. The van der Waals surface area contributed by atoms with E-state index in [2.05, 4.69) is 15.5 Å². The zero-order chi connectivity index (χ0) is 18.1. The number of hydrogen-bond donors (Lipinski definition) is 2. The van der Waals surface area contributed by atoms with E-state index in [-0.39, 0.29) is 17.8 Å². The molecule has 1 aliphatic heterocycles. The first-order chi connectivity index (χ1) is 12.6. The smallest absolute Gasteiger partial charge is 0.251 e. The van der Waals surface area contributed by atoms with Crippen molar-refractivity contribution in [1.29, 1.82) is 0 Å². The Morgan fingerprint density at radius 2 is 2.27 bits per heavy atom. The lowest BCUT2D eigenvalue weighted by atomic mass is 10.0. The summed E-state index contributed by atoms with van der Waals surface area (Å²) >= 11 is 0. The minimum atomic E-state index is -0.313. The molecule has 1 atom stereocenters. The van der Waals surface area contributed by atoms with Crippen LogP contribution in [0.4, 0.5) is 4.39 Å². The minimum absolute atomic E-state index is 0.0977. The molecule has 1 saturated heterocycles. The molecule has 1 amide bonds. The fraction of sp³-hybridized carbons (Fsp3) is 0.300. The van der Waals surface area contributed by atoms with Crippen LogP contribution in [0.25, 0.3) is 22.2 Å². The largest absolute Gasteiger partial charge is 0.376 e. The van der Waals surface area contributed by atoms with Crippen LogP contribution in [-0.2, 0) is 4.74 Å². The van der Waals surface area contributed by atoms with Crippen LogP contribution in [0.1, 0.15) is 28.8 Å². The molecule has 6 heteroatoms. The zero-order valence-corrected chi connectivity index (χ0v) is 14.5. The number of nitrogens with one attached hydrogen (secondary N) is 2. The summed E-state index contributed by atoms with van der Waals surface area (Å²) < 4.78 is 19.1. The van der Waals surface area contributed by atoms with E-state index < -0.39 is 0 Å². The molecule has 1 aromatic heterocycles. The quantitative estimate of drug-likeness (QED) is 0.753. The molecule has 0 bridgehead atoms. The van der Waals surface area contributed by atoms with Gasteiger partial charge in [-0.25, -0.2) is 4.39 Å². The molecule has 134 valence electrons. The van der Waals surface area contributed by atoms with Crippen molar-refractivity contribution in [3.63, 3.8) is 0 Å². The molecule has 1 aliphatic rings. The molecule has 1 fully saturated rings. The normalized spacial score (nSPS) is 16.9. The van der Waals surface area contributed by atoms with Gasteiger partial charge in [0.25, 0.3) is 5.91 Å². The number of halogens is 1. The lowest BCUT2D eigenvalue weighted by Gasteiger charge is -2.11. The molecule has 2 N–H and O–H groups in total. The topological polar surface area (TPSA) is 67.0 Å². The average molecular weight is 353 g/mol. The third kappa shape index (κ3) is 3.20. The van der Waals surface area contributed by atoms with Gasteiger partial charge in [0.15, 0.2) is 0 Å². The van der Waals surface area contributed by atoms with Crippen molar-refractivity contribution in [2.24, 2.45) is 0 Å². The maximum atomic E-state index is 13.6. The van der Waals surface area contributed by atoms with Crippen molar-refractivity contribution in [1.82, 2.24) is 15.5 Å². The van der Waals surface area contributed by atoms with Crippen molar-refractivity contribution in [3.05, 3.63) is 53.3 Å². The maximum absolute atomic E-state index is 13.6. The van der Waals surface area contributed by atoms with Gasteiger partial charge in [-0.05, 0) is 49.6 Å². The van der Waals surface area contributed by atoms with Gasteiger partial charge in [-0.2, -0.15) is 5.10 Å². The van der Waals surface area contributed by atoms with E-state index in [0.717, 1.165) is 35.9 Å². The second-order valence-corrected chi connectivity index (χ2v) is 6.64. The summed E-state index contributed by atoms with van der Waals surface area (Å²) in [5.41, 5.74) is 3.64. The first kappa shape index (κ1) is 16.7. The van der Waals surface area contributed by atoms with Crippen molar-refractivity contribution in [2.45, 2.75) is 25.9 Å². The Morgan fingerprint density at radius 3 is 3.04 bits per heavy atom. The number of carbonyl (C=O) groups excluding carboxylic acids is 1. The standard InChI is InChI=1S/C20H20FN3O2/c1-12-8-14(20(25)22-11-16-6-3-7-26-16)10-17-18(12)23-24-19(17)13-4-2-5-15(21)9-13/h2,4-5,8-10,16H,3,6-7,11H2,1H3,(H,22,25)(H,23,24). The number of aryl methyl sites for hydroxylation is 1. The Bertz CT molecular complexity index is 961. The number of aromatic nitrogens is 2. The van der Waals surface area contributed by atoms with Gasteiger partial charge in [0.2, 0.25) is 0 Å². The Morgan fingerprint density at radius 1 is 1.38 bits per heavy atom. The maximum Gasteiger partial charge on any atom is 0.251 e. The number of fused-ring (bicyclic) bond motifs is 1. The Labute approximate surface area is 150 Å². The van der Waals surface area contributed by atoms with Crippen LogP contribution in [0.15, 0.2) is 36.4 Å². The van der Waals surface area contributed by atoms with Crippen molar-refractivity contribution in [3.8, 4) is 11.3 Å². The number of ether oxygens (including phenoxy) is 1. The molecule has 0 saturated carbocycles. The SMILES string of the molecule is Cc1cc(C(=O)NCC2CCCO2)cc2c(-c3cccc(F)c3)[nH]nc12. The number of H-pyrrole nitrogens is 1. The Balaban J connectivity index is 1.66. The second kappa shape index (κ2) is 6.88. The number of carbonyl (C=O) groups is 1. The van der Waals surface area contributed by atoms with Gasteiger partial charge in [-0.15, -0.1) is 0 Å². The van der Waals surface area contributed by atoms with Gasteiger partial charge in [0.05, 0.1) is 17.3 Å². The van der Waals surface area contributed by atoms with Crippen molar-refractivity contribution in [2.75, 3.05) is 13.2 Å². The summed E-state index contributed by atoms with van der Waals surface area (Å²) in [6.07, 6.45) is 2.11. The van der Waals surface area contributed by atoms with Crippen LogP contribution in [-0.4, -0.2) is 35.4 Å². The highest BCUT2D eigenvalue weighted by Gasteiger charge is 2.18. The van der Waals surface area contributed by atoms with E-state index in [1.54, 1.807) is 12.1 Å². The molecule has 0 radical (unpaired) electrons. The lowest BCUT2D eigenvalue weighted by molar-refractivity contribution is 0.0858. The van der Waals surface area contributed by atoms with Crippen LogP contribution in [0.2, 0.25) is 0 Å². The summed E-state index contributed by atoms with van der Waals surface area (Å²) in [4.78, 5) is 12.6. The van der Waals surface area contributed by atoms with Gasteiger partial charge in [-0.3, -0.25) is 9.89 Å². The van der Waals surface area contributed by atoms with Crippen LogP contribution in [0, 0.1) is 12.7 Å². The third-order valence-corrected chi connectivity index (χ3v) is 4.74. The monoisotopic (exact) mass is 353 g/mol. The molecule has 2 heterocycles. The first-order valence-corrected chi connectivity index (χ1v) is 8.76. The van der Waals surface area contributed by atoms with Crippen molar-refractivity contribution >= 4 is 16.8 Å². The molecular formula is C20H20FN3O2. The van der Waals surface area contributed by atoms with E-state index in [1.165, 1.54) is 12.1 Å². The van der Waals surface area contributed by atoms with Crippen LogP contribution < -0.4 is 5.32 Å². The van der Waals surface area contributed by atoms with E-state index in [0.29, 0.717) is 23.4 Å². The highest BCUT2D eigenvalue weighted by Crippen LogP contribution is 2.29. The molecule has 5 nitrogen and oxygen atoms in total. The number of hydrogen-bond acceptors (Lipinski definition) is 3. The molecule has 26 heavy (non-hydrogen) atoms. The zero-order valence-electron chi connectivity index (χ0n) is 14.5. The molecule has 2 aromatic carbocycles. The lowest BCUT2D eigenvalue weighted by Crippen LogP contribution is -2.31. The predicted octanol–water partition coefficient (Wildman–Crippen LogP) is 3.59. The van der Waals surface area contributed by atoms with Gasteiger partial charge in [-0.1, -0.05) is 12.1 Å². The highest BCUT2D eigenvalue weighted by molar-refractivity contribution is 6.02. The van der Waals surface area contributed by atoms with E-state index in [4.69, 9.17) is 4.74 Å². The summed E-state index contributed by atoms with van der Waals surface area (Å²) in [7, 11) is 0. The highest BCUT2D eigenvalue weighted by atomic mass is 19.1. The van der Waals surface area contributed by atoms with E-state index in [1.807, 2.05) is 19.1 Å². The molecule has 4 rings (SSSR count). The number of amides is 1. The summed E-state index contributed by atoms with van der Waals surface area (Å²) in [5, 5.41) is 11.0. The van der Waals surface area contributed by atoms with Crippen molar-refractivity contribution < 1.29 is 13.9 Å². The number of benzene rings is 2. The Kier molecular flexibility index (Phi) is 4.42. The fourth-order valence-corrected chi connectivity index (χ4v) is 3.40. The molecule has 1 unspecified atom stereocenters. The van der Waals surface area contributed by atoms with E-state index >= 15 is 0 Å². The summed E-state index contributed by atoms with van der Waals surface area (Å²) in [6.45, 7) is 3.19. The number of nitrogens with zero attached hydrogens (tertiary/aromatic N) is 1. The number of aromatic amines is 1. The summed E-state index contributed by atoms with van der Waals surface area (Å²) in [5.74, 6) is -0.454. The van der Waals surface area contributed by atoms with Gasteiger partial charge >= 0.3 is 0 Å². The fourth-order valence-electron chi connectivity index (χ4n) is 3.40. The summed E-state index contributed by atoms with van der Waals surface area (Å²) in [6, 6.07) is 9.95. The molecular weight excluding hydrogens is 333 g/mol. The molecule has 0 aliphatic carbocycles. The molecule has 0 spiro atoms. The van der Waals surface area contributed by atoms with Crippen LogP contribution in [0.5, 0.6) is 0 Å².